The molecule has 120 valence electrons. The largest absolute Gasteiger partial charge is 0.289 e. The van der Waals surface area contributed by atoms with E-state index in [4.69, 9.17) is 0 Å². The number of aromatic nitrogens is 2. The smallest absolute Gasteiger partial charge is 0.185 e. The summed E-state index contributed by atoms with van der Waals surface area (Å²) >= 11 is 1.65. The van der Waals surface area contributed by atoms with Crippen LogP contribution in [0.2, 0.25) is 0 Å². The molecule has 4 aromatic rings. The predicted molar refractivity (Wildman–Crippen MR) is 103 cm³/mol. The molecule has 0 saturated heterocycles. The monoisotopic (exact) mass is 342 g/mol. The van der Waals surface area contributed by atoms with Gasteiger partial charge in [0, 0.05) is 17.3 Å². The quantitative estimate of drug-likeness (QED) is 0.375. The van der Waals surface area contributed by atoms with Crippen LogP contribution in [-0.2, 0) is 0 Å². The first kappa shape index (κ1) is 15.4. The molecule has 0 unspecified atom stereocenters. The van der Waals surface area contributed by atoms with Gasteiger partial charge in [0.2, 0.25) is 0 Å². The number of pyridine rings is 1. The van der Waals surface area contributed by atoms with Gasteiger partial charge in [0.1, 0.15) is 5.01 Å². The van der Waals surface area contributed by atoms with Gasteiger partial charge >= 0.3 is 0 Å². The van der Waals surface area contributed by atoms with Crippen molar-refractivity contribution >= 4 is 33.4 Å². The number of carbonyl (C=O) groups excluding carboxylic acids is 1. The Labute approximate surface area is 149 Å². The lowest BCUT2D eigenvalue weighted by molar-refractivity contribution is 0.104. The average Bonchev–Trinajstić information content (AvgIpc) is 3.11. The van der Waals surface area contributed by atoms with Crippen LogP contribution in [0.1, 0.15) is 16.1 Å². The molecule has 3 nitrogen and oxygen atoms in total. The van der Waals surface area contributed by atoms with Gasteiger partial charge in [-0.1, -0.05) is 42.5 Å². The minimum atomic E-state index is -0.0403. The van der Waals surface area contributed by atoms with E-state index in [9.17, 15) is 4.79 Å². The third-order valence-corrected chi connectivity index (χ3v) is 4.89. The highest BCUT2D eigenvalue weighted by Gasteiger charge is 2.07. The average molecular weight is 342 g/mol. The fourth-order valence-corrected chi connectivity index (χ4v) is 3.48. The van der Waals surface area contributed by atoms with Crippen LogP contribution >= 0.6 is 11.3 Å². The first-order valence-electron chi connectivity index (χ1n) is 7.89. The van der Waals surface area contributed by atoms with E-state index in [-0.39, 0.29) is 5.78 Å². The highest BCUT2D eigenvalue weighted by molar-refractivity contribution is 7.21. The number of para-hydroxylation sites is 1. The molecule has 4 rings (SSSR count). The summed E-state index contributed by atoms with van der Waals surface area (Å²) in [4.78, 5) is 21.1. The molecular formula is C21H14N2OS. The van der Waals surface area contributed by atoms with Crippen molar-refractivity contribution in [1.82, 2.24) is 9.97 Å². The summed E-state index contributed by atoms with van der Waals surface area (Å²) in [5.74, 6) is -0.0403. The van der Waals surface area contributed by atoms with Gasteiger partial charge in [-0.25, -0.2) is 4.98 Å². The minimum absolute atomic E-state index is 0.0403. The maximum atomic E-state index is 12.3. The van der Waals surface area contributed by atoms with Gasteiger partial charge in [-0.2, -0.15) is 0 Å². The maximum Gasteiger partial charge on any atom is 0.185 e. The molecule has 0 bridgehead atoms. The molecule has 2 aromatic heterocycles. The van der Waals surface area contributed by atoms with E-state index in [0.717, 1.165) is 26.5 Å². The van der Waals surface area contributed by atoms with E-state index in [1.165, 1.54) is 0 Å². The zero-order chi connectivity index (χ0) is 17.1. The van der Waals surface area contributed by atoms with Gasteiger partial charge in [-0.05, 0) is 36.4 Å². The third-order valence-electron chi connectivity index (χ3n) is 3.80. The van der Waals surface area contributed by atoms with Crippen LogP contribution in [0.5, 0.6) is 0 Å². The Morgan fingerprint density at radius 1 is 0.920 bits per heavy atom. The lowest BCUT2D eigenvalue weighted by Crippen LogP contribution is -1.94. The molecule has 2 aromatic carbocycles. The molecule has 0 N–H and O–H groups in total. The van der Waals surface area contributed by atoms with Crippen LogP contribution in [0.4, 0.5) is 0 Å². The van der Waals surface area contributed by atoms with Crippen molar-refractivity contribution in [3.8, 4) is 10.6 Å². The van der Waals surface area contributed by atoms with Gasteiger partial charge in [0.05, 0.1) is 15.9 Å². The summed E-state index contributed by atoms with van der Waals surface area (Å²) in [5.41, 5.74) is 3.44. The van der Waals surface area contributed by atoms with Gasteiger partial charge in [0.15, 0.2) is 5.78 Å². The van der Waals surface area contributed by atoms with Crippen LogP contribution in [0, 0.1) is 0 Å². The first-order chi connectivity index (χ1) is 12.3. The number of ketones is 1. The van der Waals surface area contributed by atoms with E-state index in [0.29, 0.717) is 5.56 Å². The second-order valence-corrected chi connectivity index (χ2v) is 6.55. The van der Waals surface area contributed by atoms with Crippen molar-refractivity contribution in [2.45, 2.75) is 0 Å². The summed E-state index contributed by atoms with van der Waals surface area (Å²) in [7, 11) is 0. The van der Waals surface area contributed by atoms with Crippen LogP contribution in [-0.4, -0.2) is 15.8 Å². The molecule has 0 aliphatic heterocycles. The number of fused-ring (bicyclic) bond motifs is 1. The molecule has 0 fully saturated rings. The topological polar surface area (TPSA) is 42.9 Å². The second-order valence-electron chi connectivity index (χ2n) is 5.52. The number of hydrogen-bond acceptors (Lipinski definition) is 4. The van der Waals surface area contributed by atoms with Gasteiger partial charge < -0.3 is 0 Å². The Hall–Kier alpha value is -3.11. The molecule has 4 heteroatoms. The van der Waals surface area contributed by atoms with Crippen molar-refractivity contribution in [2.24, 2.45) is 0 Å². The molecule has 0 aliphatic rings. The fourth-order valence-electron chi connectivity index (χ4n) is 2.50. The minimum Gasteiger partial charge on any atom is -0.289 e. The SMILES string of the molecule is O=C(C=Cc1ccccn1)c1ccc(-c2nc3ccccc3s2)cc1. The number of nitrogens with zero attached hydrogens (tertiary/aromatic N) is 2. The number of hydrogen-bond donors (Lipinski definition) is 0. The third kappa shape index (κ3) is 3.39. The second kappa shape index (κ2) is 6.79. The zero-order valence-electron chi connectivity index (χ0n) is 13.3. The van der Waals surface area contributed by atoms with Crippen LogP contribution < -0.4 is 0 Å². The lowest BCUT2D eigenvalue weighted by atomic mass is 10.1. The maximum absolute atomic E-state index is 12.3. The predicted octanol–water partition coefficient (Wildman–Crippen LogP) is 5.25. The van der Waals surface area contributed by atoms with E-state index < -0.39 is 0 Å². The Bertz CT molecular complexity index is 1020. The van der Waals surface area contributed by atoms with E-state index >= 15 is 0 Å². The highest BCUT2D eigenvalue weighted by atomic mass is 32.1. The summed E-state index contributed by atoms with van der Waals surface area (Å²) in [6.45, 7) is 0. The van der Waals surface area contributed by atoms with Crippen LogP contribution in [0.3, 0.4) is 0 Å². The van der Waals surface area contributed by atoms with Crippen LogP contribution in [0.15, 0.2) is 79.0 Å². The highest BCUT2D eigenvalue weighted by Crippen LogP contribution is 2.30. The number of carbonyl (C=O) groups is 1. The normalized spacial score (nSPS) is 11.2. The van der Waals surface area contributed by atoms with Crippen molar-refractivity contribution in [3.63, 3.8) is 0 Å². The standard InChI is InChI=1S/C21H14N2OS/c24-19(13-12-17-5-3-4-14-22-17)15-8-10-16(11-9-15)21-23-18-6-1-2-7-20(18)25-21/h1-14H. The van der Waals surface area contributed by atoms with E-state index in [2.05, 4.69) is 16.0 Å². The van der Waals surface area contributed by atoms with Gasteiger partial charge in [-0.15, -0.1) is 11.3 Å². The van der Waals surface area contributed by atoms with E-state index in [1.807, 2.05) is 60.7 Å². The molecule has 0 saturated carbocycles. The van der Waals surface area contributed by atoms with E-state index in [1.54, 1.807) is 29.7 Å². The first-order valence-corrected chi connectivity index (χ1v) is 8.71. The summed E-state index contributed by atoms with van der Waals surface area (Å²) < 4.78 is 1.16. The lowest BCUT2D eigenvalue weighted by Gasteiger charge is -1.99. The summed E-state index contributed by atoms with van der Waals surface area (Å²) in [5, 5.41) is 0.962. The Balaban J connectivity index is 1.55. The summed E-state index contributed by atoms with van der Waals surface area (Å²) in [6, 6.07) is 21.2. The molecule has 25 heavy (non-hydrogen) atoms. The van der Waals surface area contributed by atoms with Crippen molar-refractivity contribution < 1.29 is 4.79 Å². The van der Waals surface area contributed by atoms with Crippen molar-refractivity contribution in [2.75, 3.05) is 0 Å². The molecule has 0 atom stereocenters. The number of rotatable bonds is 4. The molecule has 0 aliphatic carbocycles. The Morgan fingerprint density at radius 3 is 2.48 bits per heavy atom. The summed E-state index contributed by atoms with van der Waals surface area (Å²) in [6.07, 6.45) is 4.98. The molecular weight excluding hydrogens is 328 g/mol. The molecule has 2 heterocycles. The Kier molecular flexibility index (Phi) is 4.19. The van der Waals surface area contributed by atoms with Crippen molar-refractivity contribution in [1.29, 1.82) is 0 Å². The number of allylic oxidation sites excluding steroid dienone is 1. The molecule has 0 spiro atoms. The van der Waals surface area contributed by atoms with Crippen molar-refractivity contribution in [3.05, 3.63) is 90.3 Å². The number of thiazole rings is 1. The number of benzene rings is 2. The van der Waals surface area contributed by atoms with Gasteiger partial charge in [-0.3, -0.25) is 9.78 Å². The zero-order valence-corrected chi connectivity index (χ0v) is 14.1. The molecule has 0 radical (unpaired) electrons. The fraction of sp³-hybridized carbons (Fsp3) is 0. The van der Waals surface area contributed by atoms with Gasteiger partial charge in [0.25, 0.3) is 0 Å². The molecule has 0 amide bonds. The van der Waals surface area contributed by atoms with Crippen LogP contribution in [0.25, 0.3) is 26.9 Å². The Morgan fingerprint density at radius 2 is 1.72 bits per heavy atom.